The maximum absolute atomic E-state index is 14.6. The predicted octanol–water partition coefficient (Wildman–Crippen LogP) is 3.04. The smallest absolute Gasteiger partial charge is 0.343 e. The van der Waals surface area contributed by atoms with Gasteiger partial charge in [-0.25, -0.2) is 9.18 Å². The highest BCUT2D eigenvalue weighted by atomic mass is 28.4. The van der Waals surface area contributed by atoms with Crippen LogP contribution in [0.2, 0.25) is 18.1 Å². The van der Waals surface area contributed by atoms with Crippen LogP contribution in [-0.4, -0.2) is 52.2 Å². The van der Waals surface area contributed by atoms with Crippen molar-refractivity contribution in [3.63, 3.8) is 0 Å². The molecule has 1 heterocycles. The van der Waals surface area contributed by atoms with Crippen molar-refractivity contribution in [2.24, 2.45) is 0 Å². The Hall–Kier alpha value is -0.503. The fourth-order valence-electron chi connectivity index (χ4n) is 1.97. The third-order valence-electron chi connectivity index (χ3n) is 4.35. The lowest BCUT2D eigenvalue weighted by atomic mass is 10.1. The van der Waals surface area contributed by atoms with Crippen LogP contribution in [-0.2, 0) is 23.4 Å². The van der Waals surface area contributed by atoms with Gasteiger partial charge in [0.05, 0.1) is 13.7 Å². The van der Waals surface area contributed by atoms with E-state index in [1.165, 1.54) is 0 Å². The molecule has 1 rings (SSSR count). The van der Waals surface area contributed by atoms with Crippen molar-refractivity contribution in [2.75, 3.05) is 13.7 Å². The first-order valence-corrected chi connectivity index (χ1v) is 10.4. The van der Waals surface area contributed by atoms with Gasteiger partial charge in [0.2, 0.25) is 6.17 Å². The van der Waals surface area contributed by atoms with Gasteiger partial charge in [0.25, 0.3) is 0 Å². The summed E-state index contributed by atoms with van der Waals surface area (Å²) in [5, 5.41) is -0.115. The number of carbonyl (C=O) groups is 1. The Bertz CT molecular complexity index is 405. The van der Waals surface area contributed by atoms with Gasteiger partial charge in [0.15, 0.2) is 14.1 Å². The summed E-state index contributed by atoms with van der Waals surface area (Å²) in [6.07, 6.45) is -3.57. The molecule has 7 heteroatoms. The summed E-state index contributed by atoms with van der Waals surface area (Å²) >= 11 is 0. The maximum Gasteiger partial charge on any atom is 0.343 e. The third kappa shape index (κ3) is 4.50. The van der Waals surface area contributed by atoms with E-state index >= 15 is 0 Å². The monoisotopic (exact) mass is 336 g/mol. The van der Waals surface area contributed by atoms with Crippen molar-refractivity contribution in [2.45, 2.75) is 76.9 Å². The first kappa shape index (κ1) is 19.5. The zero-order valence-corrected chi connectivity index (χ0v) is 15.9. The first-order chi connectivity index (χ1) is 9.81. The van der Waals surface area contributed by atoms with Gasteiger partial charge in [-0.1, -0.05) is 20.8 Å². The fourth-order valence-corrected chi connectivity index (χ4v) is 3.27. The Morgan fingerprint density at radius 1 is 1.36 bits per heavy atom. The van der Waals surface area contributed by atoms with Crippen LogP contribution in [0.3, 0.4) is 0 Å². The largest absolute Gasteiger partial charge is 0.467 e. The summed E-state index contributed by atoms with van der Waals surface area (Å²) in [5.74, 6) is -1.76. The second kappa shape index (κ2) is 6.55. The highest BCUT2D eigenvalue weighted by Crippen LogP contribution is 2.39. The molecule has 1 fully saturated rings. The van der Waals surface area contributed by atoms with Gasteiger partial charge in [-0.2, -0.15) is 0 Å². The number of hydrogen-bond donors (Lipinski definition) is 0. The van der Waals surface area contributed by atoms with Crippen molar-refractivity contribution in [3.8, 4) is 0 Å². The molecule has 0 radical (unpaired) electrons. The van der Waals surface area contributed by atoms with Gasteiger partial charge in [-0.3, -0.25) is 0 Å². The van der Waals surface area contributed by atoms with Gasteiger partial charge in [-0.05, 0) is 32.0 Å². The average Bonchev–Trinajstić information content (AvgIpc) is 2.73. The lowest BCUT2D eigenvalue weighted by Gasteiger charge is -2.40. The van der Waals surface area contributed by atoms with Crippen LogP contribution in [0.1, 0.15) is 34.6 Å². The van der Waals surface area contributed by atoms with Crippen molar-refractivity contribution < 1.29 is 27.8 Å². The van der Waals surface area contributed by atoms with Gasteiger partial charge >= 0.3 is 5.97 Å². The molecule has 0 bridgehead atoms. The van der Waals surface area contributed by atoms with Crippen LogP contribution in [0, 0.1) is 0 Å². The molecule has 1 saturated heterocycles. The molecule has 0 saturated carbocycles. The normalized spacial score (nSPS) is 24.9. The lowest BCUT2D eigenvalue weighted by molar-refractivity contribution is -0.167. The van der Waals surface area contributed by atoms with Crippen LogP contribution >= 0.6 is 0 Å². The van der Waals surface area contributed by atoms with Crippen molar-refractivity contribution in [3.05, 3.63) is 0 Å². The van der Waals surface area contributed by atoms with Crippen LogP contribution in [0.5, 0.6) is 0 Å². The molecule has 3 atom stereocenters. The van der Waals surface area contributed by atoms with E-state index in [2.05, 4.69) is 25.5 Å². The van der Waals surface area contributed by atoms with Gasteiger partial charge in [0.1, 0.15) is 12.2 Å². The number of ether oxygens (including phenoxy) is 3. The molecule has 0 aromatic rings. The van der Waals surface area contributed by atoms with Crippen molar-refractivity contribution in [1.82, 2.24) is 0 Å². The fraction of sp³-hybridized carbons (Fsp3) is 0.933. The highest BCUT2D eigenvalue weighted by molar-refractivity contribution is 6.74. The van der Waals surface area contributed by atoms with Crippen LogP contribution in [0.4, 0.5) is 4.39 Å². The second-order valence-corrected chi connectivity index (χ2v) is 12.4. The molecule has 0 aromatic carbocycles. The quantitative estimate of drug-likeness (QED) is 0.570. The lowest BCUT2D eigenvalue weighted by Crippen LogP contribution is -2.53. The van der Waals surface area contributed by atoms with E-state index in [9.17, 15) is 9.18 Å². The summed E-state index contributed by atoms with van der Waals surface area (Å²) in [4.78, 5) is 11.6. The van der Waals surface area contributed by atoms with E-state index < -0.39 is 38.5 Å². The van der Waals surface area contributed by atoms with Crippen molar-refractivity contribution in [1.29, 1.82) is 0 Å². The number of carbonyl (C=O) groups excluding carboxylic acids is 1. The van der Waals surface area contributed by atoms with E-state index in [1.54, 1.807) is 13.8 Å². The second-order valence-electron chi connectivity index (χ2n) is 7.63. The molecule has 1 unspecified atom stereocenters. The molecule has 1 aliphatic heterocycles. The molecule has 5 nitrogen and oxygen atoms in total. The molecular weight excluding hydrogens is 307 g/mol. The topological polar surface area (TPSA) is 54.0 Å². The number of methoxy groups -OCH3 is 1. The van der Waals surface area contributed by atoms with Gasteiger partial charge < -0.3 is 18.6 Å². The predicted molar refractivity (Wildman–Crippen MR) is 83.9 cm³/mol. The van der Waals surface area contributed by atoms with E-state index in [0.29, 0.717) is 0 Å². The summed E-state index contributed by atoms with van der Waals surface area (Å²) in [6, 6.07) is 0. The van der Waals surface area contributed by atoms with E-state index in [4.69, 9.17) is 13.9 Å². The minimum atomic E-state index is -2.29. The van der Waals surface area contributed by atoms with E-state index in [0.717, 1.165) is 7.11 Å². The summed E-state index contributed by atoms with van der Waals surface area (Å²) in [6.45, 7) is 13.9. The Morgan fingerprint density at radius 2 is 1.91 bits per heavy atom. The third-order valence-corrected chi connectivity index (χ3v) is 8.82. The highest BCUT2D eigenvalue weighted by Gasteiger charge is 2.49. The van der Waals surface area contributed by atoms with Gasteiger partial charge in [-0.15, -0.1) is 0 Å². The number of hydrogen-bond acceptors (Lipinski definition) is 5. The minimum absolute atomic E-state index is 0.115. The Labute approximate surface area is 133 Å². The Balaban J connectivity index is 3.00. The standard InChI is InChI=1S/C15H29FO5Si/c1-14(2,3)22(7,8)21-12(11(16)13(17)18-6)10-9-19-15(4,5)20-10/h10-12H,9H2,1-8H3/t10-,11-,12?/m1/s1. The molecule has 1 aliphatic rings. The van der Waals surface area contributed by atoms with Gasteiger partial charge in [0, 0.05) is 0 Å². The first-order valence-electron chi connectivity index (χ1n) is 7.52. The average molecular weight is 336 g/mol. The van der Waals surface area contributed by atoms with Crippen LogP contribution in [0.25, 0.3) is 0 Å². The molecule has 130 valence electrons. The number of rotatable bonds is 5. The Morgan fingerprint density at radius 3 is 2.27 bits per heavy atom. The molecule has 22 heavy (non-hydrogen) atoms. The van der Waals surface area contributed by atoms with Crippen LogP contribution < -0.4 is 0 Å². The number of alkyl halides is 1. The summed E-state index contributed by atoms with van der Waals surface area (Å²) < 4.78 is 36.4. The molecule has 0 amide bonds. The molecule has 0 aliphatic carbocycles. The zero-order chi connectivity index (χ0) is 17.3. The summed E-state index contributed by atoms with van der Waals surface area (Å²) in [5.41, 5.74) is 0. The van der Waals surface area contributed by atoms with E-state index in [-0.39, 0.29) is 11.6 Å². The number of esters is 1. The molecule has 0 spiro atoms. The minimum Gasteiger partial charge on any atom is -0.467 e. The maximum atomic E-state index is 14.6. The molecular formula is C15H29FO5Si. The van der Waals surface area contributed by atoms with Crippen molar-refractivity contribution >= 4 is 14.3 Å². The summed E-state index contributed by atoms with van der Waals surface area (Å²) in [7, 11) is -1.13. The number of halogens is 1. The van der Waals surface area contributed by atoms with Crippen LogP contribution in [0.15, 0.2) is 0 Å². The zero-order valence-electron chi connectivity index (χ0n) is 14.9. The Kier molecular flexibility index (Phi) is 5.82. The SMILES string of the molecule is COC(=O)[C@H](F)C(O[Si](C)(C)C(C)(C)C)[C@H]1COC(C)(C)O1. The molecule has 0 N–H and O–H groups in total. The molecule has 0 aromatic heterocycles. The van der Waals surface area contributed by atoms with E-state index in [1.807, 2.05) is 13.1 Å².